The molecule has 98 valence electrons. The Labute approximate surface area is 124 Å². The van der Waals surface area contributed by atoms with Gasteiger partial charge in [-0.05, 0) is 0 Å². The summed E-state index contributed by atoms with van der Waals surface area (Å²) in [6, 6.07) is 5.42. The van der Waals surface area contributed by atoms with Gasteiger partial charge in [0.15, 0.2) is 0 Å². The number of rotatable bonds is 2. The van der Waals surface area contributed by atoms with Gasteiger partial charge in [-0.1, -0.05) is 0 Å². The van der Waals surface area contributed by atoms with Crippen LogP contribution in [0.5, 0.6) is 0 Å². The first-order chi connectivity index (χ1) is 9.13. The number of nitriles is 1. The van der Waals surface area contributed by atoms with Crippen molar-refractivity contribution >= 4 is 17.3 Å². The van der Waals surface area contributed by atoms with Gasteiger partial charge < -0.3 is 0 Å². The van der Waals surface area contributed by atoms with Gasteiger partial charge in [-0.3, -0.25) is 0 Å². The summed E-state index contributed by atoms with van der Waals surface area (Å²) in [7, 11) is 0. The third-order valence-electron chi connectivity index (χ3n) is 2.43. The fraction of sp³-hybridized carbons (Fsp3) is 0.0769. The van der Waals surface area contributed by atoms with Crippen molar-refractivity contribution in [3.8, 4) is 6.07 Å². The van der Waals surface area contributed by atoms with Crippen molar-refractivity contribution < 1.29 is 30.3 Å². The van der Waals surface area contributed by atoms with Crippen molar-refractivity contribution in [2.45, 2.75) is 5.92 Å². The summed E-state index contributed by atoms with van der Waals surface area (Å²) in [6.07, 6.45) is 3.11. The first kappa shape index (κ1) is 14.2. The molecule has 0 amide bonds. The zero-order valence-corrected chi connectivity index (χ0v) is 12.4. The topological polar surface area (TPSA) is 36.1 Å². The summed E-state index contributed by atoms with van der Waals surface area (Å²) >= 11 is 5.13. The molecule has 19 heavy (non-hydrogen) atoms. The molecular weight excluding hydrogens is 385 g/mol. The van der Waals surface area contributed by atoms with E-state index in [0.717, 1.165) is 12.1 Å². The van der Waals surface area contributed by atoms with Gasteiger partial charge in [0.25, 0.3) is 0 Å². The van der Waals surface area contributed by atoms with Crippen LogP contribution in [0.2, 0.25) is 0 Å². The molecule has 0 N–H and O–H groups in total. The van der Waals surface area contributed by atoms with Gasteiger partial charge in [-0.25, -0.2) is 0 Å². The van der Waals surface area contributed by atoms with Crippen molar-refractivity contribution in [2.24, 2.45) is 3.21 Å². The first-order valence-corrected chi connectivity index (χ1v) is 7.80. The van der Waals surface area contributed by atoms with Crippen LogP contribution in [0.15, 0.2) is 42.7 Å². The fourth-order valence-corrected chi connectivity index (χ4v) is 3.25. The Morgan fingerprint density at radius 3 is 2.58 bits per heavy atom. The molecule has 0 spiro atoms. The second-order valence-corrected chi connectivity index (χ2v) is 5.73. The van der Waals surface area contributed by atoms with E-state index in [1.54, 1.807) is 10.2 Å². The summed E-state index contributed by atoms with van der Waals surface area (Å²) in [4.78, 5) is 0. The van der Waals surface area contributed by atoms with Gasteiger partial charge in [0.05, 0.1) is 0 Å². The third kappa shape index (κ3) is 3.19. The van der Waals surface area contributed by atoms with Crippen molar-refractivity contribution in [1.29, 1.82) is 5.26 Å². The summed E-state index contributed by atoms with van der Waals surface area (Å²) < 4.78 is 33.4. The molecule has 1 aromatic rings. The molecule has 0 aliphatic carbocycles. The van der Waals surface area contributed by atoms with Crippen LogP contribution in [0.1, 0.15) is 11.5 Å². The molecule has 2 nitrogen and oxygen atoms in total. The minimum atomic E-state index is -1.06. The molecular formula is C13H7ClF2IN2-. The van der Waals surface area contributed by atoms with Crippen LogP contribution >= 0.6 is 11.6 Å². The number of halogens is 4. The molecule has 6 heteroatoms. The second-order valence-electron chi connectivity index (χ2n) is 3.63. The van der Waals surface area contributed by atoms with E-state index in [0.29, 0.717) is 10.7 Å². The van der Waals surface area contributed by atoms with Gasteiger partial charge in [0.2, 0.25) is 0 Å². The Balaban J connectivity index is 2.45. The molecule has 0 saturated heterocycles. The Morgan fingerprint density at radius 1 is 1.26 bits per heavy atom. The van der Waals surface area contributed by atoms with E-state index >= 15 is 0 Å². The third-order valence-corrected chi connectivity index (χ3v) is 4.81. The van der Waals surface area contributed by atoms with Gasteiger partial charge in [0.1, 0.15) is 0 Å². The maximum atomic E-state index is 13.7. The molecule has 0 fully saturated rings. The molecule has 0 bridgehead atoms. The number of nitrogens with zero attached hydrogens (tertiary/aromatic N) is 2. The average Bonchev–Trinajstić information content (AvgIpc) is 2.59. The maximum absolute atomic E-state index is 13.7. The van der Waals surface area contributed by atoms with E-state index in [2.05, 4.69) is 3.21 Å². The molecule has 1 atom stereocenters. The molecule has 1 aliphatic rings. The molecule has 1 aliphatic heterocycles. The van der Waals surface area contributed by atoms with Gasteiger partial charge in [-0.2, -0.15) is 0 Å². The zero-order valence-electron chi connectivity index (χ0n) is 9.45. The molecule has 0 aromatic heterocycles. The monoisotopic (exact) mass is 391 g/mol. The van der Waals surface area contributed by atoms with Crippen molar-refractivity contribution in [2.75, 3.05) is 0 Å². The second kappa shape index (κ2) is 6.26. The Bertz CT molecular complexity index is 612. The number of hydrogen-bond donors (Lipinski definition) is 0. The zero-order chi connectivity index (χ0) is 13.8. The summed E-state index contributed by atoms with van der Waals surface area (Å²) in [5.74, 6) is -2.55. The van der Waals surface area contributed by atoms with Gasteiger partial charge >= 0.3 is 125 Å². The van der Waals surface area contributed by atoms with Crippen LogP contribution in [-0.4, -0.2) is 5.71 Å². The van der Waals surface area contributed by atoms with E-state index in [-0.39, 0.29) is 5.56 Å². The number of hydrogen-bond acceptors (Lipinski definition) is 2. The normalized spacial score (nSPS) is 16.5. The van der Waals surface area contributed by atoms with E-state index in [1.165, 1.54) is 12.1 Å². The van der Waals surface area contributed by atoms with Crippen LogP contribution < -0.4 is 21.5 Å². The minimum absolute atomic E-state index is 0.268. The van der Waals surface area contributed by atoms with E-state index < -0.39 is 39.0 Å². The molecule has 1 aromatic carbocycles. The van der Waals surface area contributed by atoms with Crippen LogP contribution in [0.4, 0.5) is 8.78 Å². The Hall–Kier alpha value is -1.26. The van der Waals surface area contributed by atoms with Crippen LogP contribution in [0.3, 0.4) is 0 Å². The van der Waals surface area contributed by atoms with Crippen molar-refractivity contribution in [3.63, 3.8) is 0 Å². The van der Waals surface area contributed by atoms with Crippen LogP contribution in [0, 0.1) is 23.0 Å². The predicted octanol–water partition coefficient (Wildman–Crippen LogP) is 0.667. The number of benzene rings is 1. The SMILES string of the molecule is N#CC(C1=N[I-]C=C(Cl)C=C1)c1c(F)cccc1F. The van der Waals surface area contributed by atoms with Gasteiger partial charge in [-0.15, -0.1) is 0 Å². The van der Waals surface area contributed by atoms with E-state index in [4.69, 9.17) is 11.6 Å². The summed E-state index contributed by atoms with van der Waals surface area (Å²) in [6.45, 7) is 0. The quantitative estimate of drug-likeness (QED) is 0.683. The standard InChI is InChI=1S/C13H7ClF2IN2/c14-8-4-5-12(19-17-6-8)9(7-18)13-10(15)2-1-3-11(13)16/h1-6,9H/q-1. The predicted molar refractivity (Wildman–Crippen MR) is 65.2 cm³/mol. The first-order valence-electron chi connectivity index (χ1n) is 5.21. The fourth-order valence-electron chi connectivity index (χ4n) is 1.57. The van der Waals surface area contributed by atoms with Crippen molar-refractivity contribution in [3.05, 3.63) is 56.7 Å². The molecule has 0 radical (unpaired) electrons. The van der Waals surface area contributed by atoms with Gasteiger partial charge in [0, 0.05) is 0 Å². The molecule has 1 heterocycles. The average molecular weight is 392 g/mol. The summed E-state index contributed by atoms with van der Waals surface area (Å²) in [5, 5.41) is 9.73. The van der Waals surface area contributed by atoms with Crippen molar-refractivity contribution in [1.82, 2.24) is 0 Å². The van der Waals surface area contributed by atoms with E-state index in [1.807, 2.05) is 6.07 Å². The van der Waals surface area contributed by atoms with Crippen LogP contribution in [-0.2, 0) is 0 Å². The van der Waals surface area contributed by atoms with E-state index in [9.17, 15) is 14.0 Å². The molecule has 0 saturated carbocycles. The Kier molecular flexibility index (Phi) is 4.66. The molecule has 1 unspecified atom stereocenters. The number of allylic oxidation sites excluding steroid dienone is 3. The molecule has 2 rings (SSSR count). The summed E-state index contributed by atoms with van der Waals surface area (Å²) in [5.41, 5.74) is 0.0710. The van der Waals surface area contributed by atoms with Crippen LogP contribution in [0.25, 0.3) is 0 Å². The Morgan fingerprint density at radius 2 is 1.95 bits per heavy atom.